The van der Waals surface area contributed by atoms with Crippen LogP contribution in [-0.2, 0) is 9.47 Å². The summed E-state index contributed by atoms with van der Waals surface area (Å²) in [6, 6.07) is 2.09. The molecule has 0 aromatic carbocycles. The first-order valence-electron chi connectivity index (χ1n) is 6.59. The molecule has 1 saturated heterocycles. The van der Waals surface area contributed by atoms with Crippen molar-refractivity contribution < 1.29 is 9.47 Å². The number of nitrogens with one attached hydrogen (secondary N) is 1. The zero-order chi connectivity index (χ0) is 13.8. The Morgan fingerprint density at radius 2 is 1.79 bits per heavy atom. The van der Waals surface area contributed by atoms with Crippen LogP contribution >= 0.6 is 0 Å². The molecule has 4 nitrogen and oxygen atoms in total. The first-order chi connectivity index (χ1) is 8.80. The molecule has 19 heavy (non-hydrogen) atoms. The van der Waals surface area contributed by atoms with Gasteiger partial charge in [-0.1, -0.05) is 0 Å². The predicted molar refractivity (Wildman–Crippen MR) is 73.9 cm³/mol. The summed E-state index contributed by atoms with van der Waals surface area (Å²) >= 11 is 0. The lowest BCUT2D eigenvalue weighted by Crippen LogP contribution is -2.41. The number of aromatic amines is 1. The molecule has 2 aromatic heterocycles. The second-order valence-electron chi connectivity index (χ2n) is 6.22. The molecular weight excluding hydrogens is 240 g/mol. The van der Waals surface area contributed by atoms with E-state index in [9.17, 15) is 0 Å². The fourth-order valence-electron chi connectivity index (χ4n) is 2.26. The number of fused-ring (bicyclic) bond motifs is 1. The van der Waals surface area contributed by atoms with Gasteiger partial charge in [0.15, 0.2) is 6.29 Å². The standard InChI is InChI=1S/C15H20N2O2/c1-9-7-16-12-11(9)6-10(8-17-12)13-18-14(2,3)15(4,5)19-13/h6-8,13H,1-5H3,(H,16,17). The van der Waals surface area contributed by atoms with Crippen LogP contribution < -0.4 is 0 Å². The maximum atomic E-state index is 6.04. The summed E-state index contributed by atoms with van der Waals surface area (Å²) in [7, 11) is 0. The van der Waals surface area contributed by atoms with Gasteiger partial charge in [0.25, 0.3) is 0 Å². The van der Waals surface area contributed by atoms with Gasteiger partial charge in [0, 0.05) is 23.3 Å². The van der Waals surface area contributed by atoms with E-state index in [1.165, 1.54) is 5.56 Å². The smallest absolute Gasteiger partial charge is 0.186 e. The van der Waals surface area contributed by atoms with Gasteiger partial charge < -0.3 is 14.5 Å². The highest BCUT2D eigenvalue weighted by atomic mass is 16.7. The van der Waals surface area contributed by atoms with Gasteiger partial charge in [0.2, 0.25) is 0 Å². The maximum Gasteiger partial charge on any atom is 0.186 e. The van der Waals surface area contributed by atoms with Crippen LogP contribution in [0.2, 0.25) is 0 Å². The molecule has 3 heterocycles. The van der Waals surface area contributed by atoms with Crippen molar-refractivity contribution in [3.05, 3.63) is 29.6 Å². The van der Waals surface area contributed by atoms with Crippen molar-refractivity contribution in [2.45, 2.75) is 52.1 Å². The Labute approximate surface area is 113 Å². The molecule has 2 aromatic rings. The van der Waals surface area contributed by atoms with Crippen LogP contribution in [0, 0.1) is 6.92 Å². The third kappa shape index (κ3) is 1.86. The molecule has 4 heteroatoms. The largest absolute Gasteiger partial charge is 0.346 e. The van der Waals surface area contributed by atoms with Crippen molar-refractivity contribution in [2.75, 3.05) is 0 Å². The Bertz CT molecular complexity index is 612. The highest BCUT2D eigenvalue weighted by Gasteiger charge is 2.49. The number of ether oxygens (including phenoxy) is 2. The average molecular weight is 260 g/mol. The molecule has 3 rings (SSSR count). The summed E-state index contributed by atoms with van der Waals surface area (Å²) in [6.07, 6.45) is 3.43. The van der Waals surface area contributed by atoms with E-state index in [-0.39, 0.29) is 17.5 Å². The number of hydrogen-bond acceptors (Lipinski definition) is 3. The van der Waals surface area contributed by atoms with Crippen molar-refractivity contribution in [1.82, 2.24) is 9.97 Å². The monoisotopic (exact) mass is 260 g/mol. The summed E-state index contributed by atoms with van der Waals surface area (Å²) in [6.45, 7) is 10.3. The fraction of sp³-hybridized carbons (Fsp3) is 0.533. The van der Waals surface area contributed by atoms with Gasteiger partial charge in [-0.05, 0) is 46.2 Å². The third-order valence-electron chi connectivity index (χ3n) is 4.28. The maximum absolute atomic E-state index is 6.04. The molecular formula is C15H20N2O2. The molecule has 1 N–H and O–H groups in total. The zero-order valence-electron chi connectivity index (χ0n) is 12.1. The van der Waals surface area contributed by atoms with E-state index < -0.39 is 0 Å². The molecule has 1 aliphatic heterocycles. The number of pyridine rings is 1. The summed E-state index contributed by atoms with van der Waals surface area (Å²) in [5.74, 6) is 0. The Morgan fingerprint density at radius 1 is 1.16 bits per heavy atom. The molecule has 0 aliphatic carbocycles. The average Bonchev–Trinajstić information content (AvgIpc) is 2.78. The van der Waals surface area contributed by atoms with Crippen LogP contribution in [0.3, 0.4) is 0 Å². The number of aromatic nitrogens is 2. The molecule has 0 radical (unpaired) electrons. The van der Waals surface area contributed by atoms with Crippen molar-refractivity contribution in [2.24, 2.45) is 0 Å². The minimum Gasteiger partial charge on any atom is -0.346 e. The van der Waals surface area contributed by atoms with Crippen LogP contribution in [0.5, 0.6) is 0 Å². The lowest BCUT2D eigenvalue weighted by atomic mass is 9.90. The Hall–Kier alpha value is -1.39. The number of rotatable bonds is 1. The van der Waals surface area contributed by atoms with Crippen LogP contribution in [0.15, 0.2) is 18.5 Å². The quantitative estimate of drug-likeness (QED) is 0.854. The molecule has 0 unspecified atom stereocenters. The van der Waals surface area contributed by atoms with Gasteiger partial charge >= 0.3 is 0 Å². The second kappa shape index (κ2) is 3.81. The van der Waals surface area contributed by atoms with E-state index in [0.29, 0.717) is 0 Å². The molecule has 0 spiro atoms. The summed E-state index contributed by atoms with van der Waals surface area (Å²) < 4.78 is 12.1. The van der Waals surface area contributed by atoms with Gasteiger partial charge in [-0.25, -0.2) is 4.98 Å². The van der Waals surface area contributed by atoms with E-state index in [0.717, 1.165) is 16.6 Å². The minimum atomic E-state index is -0.351. The Kier molecular flexibility index (Phi) is 2.53. The van der Waals surface area contributed by atoms with Gasteiger partial charge in [-0.2, -0.15) is 0 Å². The van der Waals surface area contributed by atoms with Crippen LogP contribution in [0.25, 0.3) is 11.0 Å². The van der Waals surface area contributed by atoms with Crippen molar-refractivity contribution in [3.63, 3.8) is 0 Å². The molecule has 0 atom stereocenters. The summed E-state index contributed by atoms with van der Waals surface area (Å²) in [4.78, 5) is 7.57. The number of aryl methyl sites for hydroxylation is 1. The molecule has 0 saturated carbocycles. The number of nitrogens with zero attached hydrogens (tertiary/aromatic N) is 1. The second-order valence-corrected chi connectivity index (χ2v) is 6.22. The molecule has 1 fully saturated rings. The van der Waals surface area contributed by atoms with E-state index in [1.54, 1.807) is 0 Å². The molecule has 0 bridgehead atoms. The highest BCUT2D eigenvalue weighted by Crippen LogP contribution is 2.44. The van der Waals surface area contributed by atoms with Crippen LogP contribution in [0.1, 0.15) is 45.1 Å². The normalized spacial score (nSPS) is 22.2. The number of hydrogen-bond donors (Lipinski definition) is 1. The first kappa shape index (κ1) is 12.6. The Balaban J connectivity index is 2.00. The molecule has 1 aliphatic rings. The zero-order valence-corrected chi connectivity index (χ0v) is 12.1. The predicted octanol–water partition coefficient (Wildman–Crippen LogP) is 3.47. The van der Waals surface area contributed by atoms with Gasteiger partial charge in [0.05, 0.1) is 11.2 Å². The van der Waals surface area contributed by atoms with Gasteiger partial charge in [-0.3, -0.25) is 0 Å². The van der Waals surface area contributed by atoms with Crippen molar-refractivity contribution in [3.8, 4) is 0 Å². The molecule has 0 amide bonds. The van der Waals surface area contributed by atoms with E-state index in [4.69, 9.17) is 9.47 Å². The van der Waals surface area contributed by atoms with Crippen LogP contribution in [-0.4, -0.2) is 21.2 Å². The number of H-pyrrole nitrogens is 1. The minimum absolute atomic E-state index is 0.320. The van der Waals surface area contributed by atoms with E-state index >= 15 is 0 Å². The molecule has 102 valence electrons. The topological polar surface area (TPSA) is 47.1 Å². The fourth-order valence-corrected chi connectivity index (χ4v) is 2.26. The first-order valence-corrected chi connectivity index (χ1v) is 6.59. The van der Waals surface area contributed by atoms with Crippen molar-refractivity contribution >= 4 is 11.0 Å². The Morgan fingerprint density at radius 3 is 2.42 bits per heavy atom. The SMILES string of the molecule is Cc1c[nH]c2ncc(C3OC(C)(C)C(C)(C)O3)cc12. The van der Waals surface area contributed by atoms with Crippen LogP contribution in [0.4, 0.5) is 0 Å². The van der Waals surface area contributed by atoms with E-state index in [1.807, 2.05) is 12.4 Å². The highest BCUT2D eigenvalue weighted by molar-refractivity contribution is 5.79. The lowest BCUT2D eigenvalue weighted by molar-refractivity contribution is -0.0896. The summed E-state index contributed by atoms with van der Waals surface area (Å²) in [5, 5.41) is 1.12. The third-order valence-corrected chi connectivity index (χ3v) is 4.28. The van der Waals surface area contributed by atoms with Gasteiger partial charge in [0.1, 0.15) is 5.65 Å². The summed E-state index contributed by atoms with van der Waals surface area (Å²) in [5.41, 5.74) is 2.41. The van der Waals surface area contributed by atoms with Crippen molar-refractivity contribution in [1.29, 1.82) is 0 Å². The van der Waals surface area contributed by atoms with E-state index in [2.05, 4.69) is 50.7 Å². The lowest BCUT2D eigenvalue weighted by Gasteiger charge is -2.30. The van der Waals surface area contributed by atoms with Gasteiger partial charge in [-0.15, -0.1) is 0 Å².